The van der Waals surface area contributed by atoms with Gasteiger partial charge in [0.15, 0.2) is 0 Å². The standard InChI is InChI=1S/C22H27FN2O3S/c1-3-21(18-9-8-16-6-4-5-7-17(16)14-18)24-22(26)15-25(29(2,27)28)20-12-10-19(23)11-13-20/h8-14,21H,3-7,15H2,1-2H3,(H,24,26)/t21-/m1/s1. The van der Waals surface area contributed by atoms with Crippen LogP contribution < -0.4 is 9.62 Å². The van der Waals surface area contributed by atoms with Gasteiger partial charge in [0.05, 0.1) is 18.0 Å². The Hall–Kier alpha value is -2.41. The van der Waals surface area contributed by atoms with Gasteiger partial charge in [-0.1, -0.05) is 25.1 Å². The van der Waals surface area contributed by atoms with Crippen LogP contribution in [0.5, 0.6) is 0 Å². The van der Waals surface area contributed by atoms with Crippen LogP contribution in [0.15, 0.2) is 42.5 Å². The number of nitrogens with zero attached hydrogens (tertiary/aromatic N) is 1. The van der Waals surface area contributed by atoms with Crippen molar-refractivity contribution in [2.75, 3.05) is 17.1 Å². The topological polar surface area (TPSA) is 66.5 Å². The molecular weight excluding hydrogens is 391 g/mol. The highest BCUT2D eigenvalue weighted by atomic mass is 32.2. The number of rotatable bonds is 7. The quantitative estimate of drug-likeness (QED) is 0.745. The van der Waals surface area contributed by atoms with E-state index in [1.165, 1.54) is 48.2 Å². The first-order valence-electron chi connectivity index (χ1n) is 9.92. The first-order valence-corrected chi connectivity index (χ1v) is 11.8. The molecule has 0 aliphatic heterocycles. The second-order valence-corrected chi connectivity index (χ2v) is 9.42. The Morgan fingerprint density at radius 3 is 2.38 bits per heavy atom. The molecule has 7 heteroatoms. The second-order valence-electron chi connectivity index (χ2n) is 7.51. The Labute approximate surface area is 172 Å². The van der Waals surface area contributed by atoms with Crippen molar-refractivity contribution in [1.82, 2.24) is 5.32 Å². The van der Waals surface area contributed by atoms with Crippen LogP contribution in [0.25, 0.3) is 0 Å². The molecule has 0 aromatic heterocycles. The van der Waals surface area contributed by atoms with E-state index in [1.54, 1.807) is 0 Å². The van der Waals surface area contributed by atoms with Crippen LogP contribution in [-0.2, 0) is 27.7 Å². The molecule has 0 heterocycles. The van der Waals surface area contributed by atoms with Crippen LogP contribution in [-0.4, -0.2) is 27.1 Å². The smallest absolute Gasteiger partial charge is 0.241 e. The summed E-state index contributed by atoms with van der Waals surface area (Å²) in [6.07, 6.45) is 6.27. The highest BCUT2D eigenvalue weighted by Crippen LogP contribution is 2.26. The number of hydrogen-bond acceptors (Lipinski definition) is 3. The van der Waals surface area contributed by atoms with E-state index in [9.17, 15) is 17.6 Å². The molecule has 5 nitrogen and oxygen atoms in total. The van der Waals surface area contributed by atoms with Gasteiger partial charge in [0.2, 0.25) is 15.9 Å². The van der Waals surface area contributed by atoms with E-state index in [1.807, 2.05) is 13.0 Å². The molecule has 1 atom stereocenters. The van der Waals surface area contributed by atoms with E-state index in [4.69, 9.17) is 0 Å². The van der Waals surface area contributed by atoms with E-state index in [0.29, 0.717) is 6.42 Å². The van der Waals surface area contributed by atoms with Crippen molar-refractivity contribution >= 4 is 21.6 Å². The molecule has 0 unspecified atom stereocenters. The minimum atomic E-state index is -3.70. The summed E-state index contributed by atoms with van der Waals surface area (Å²) in [5.41, 5.74) is 4.01. The molecule has 2 aromatic carbocycles. The first kappa shape index (κ1) is 21.3. The van der Waals surface area contributed by atoms with Crippen LogP contribution in [0, 0.1) is 5.82 Å². The number of anilines is 1. The van der Waals surface area contributed by atoms with Crippen molar-refractivity contribution in [3.05, 3.63) is 65.0 Å². The lowest BCUT2D eigenvalue weighted by molar-refractivity contribution is -0.120. The van der Waals surface area contributed by atoms with Crippen LogP contribution in [0.3, 0.4) is 0 Å². The molecule has 3 rings (SSSR count). The van der Waals surface area contributed by atoms with Gasteiger partial charge >= 0.3 is 0 Å². The molecule has 1 N–H and O–H groups in total. The van der Waals surface area contributed by atoms with Crippen LogP contribution in [0.1, 0.15) is 48.9 Å². The molecular formula is C22H27FN2O3S. The summed E-state index contributed by atoms with van der Waals surface area (Å²) in [6.45, 7) is 1.63. The Morgan fingerprint density at radius 2 is 1.76 bits per heavy atom. The molecule has 2 aromatic rings. The Balaban J connectivity index is 1.75. The van der Waals surface area contributed by atoms with Crippen molar-refractivity contribution in [2.24, 2.45) is 0 Å². The third kappa shape index (κ3) is 5.35. The average molecular weight is 419 g/mol. The summed E-state index contributed by atoms with van der Waals surface area (Å²) in [6, 6.07) is 11.2. The highest BCUT2D eigenvalue weighted by Gasteiger charge is 2.23. The minimum absolute atomic E-state index is 0.190. The molecule has 1 aliphatic carbocycles. The van der Waals surface area contributed by atoms with Crippen molar-refractivity contribution in [3.8, 4) is 0 Å². The van der Waals surface area contributed by atoms with Crippen molar-refractivity contribution in [3.63, 3.8) is 0 Å². The predicted octanol–water partition coefficient (Wildman–Crippen LogP) is 3.74. The highest BCUT2D eigenvalue weighted by molar-refractivity contribution is 7.92. The molecule has 29 heavy (non-hydrogen) atoms. The molecule has 1 aliphatic rings. The van der Waals surface area contributed by atoms with Gasteiger partial charge in [0.25, 0.3) is 0 Å². The first-order chi connectivity index (χ1) is 13.8. The molecule has 0 saturated heterocycles. The Kier molecular flexibility index (Phi) is 6.57. The molecule has 0 spiro atoms. The van der Waals surface area contributed by atoms with Gasteiger partial charge in [0, 0.05) is 0 Å². The number of carbonyl (C=O) groups is 1. The van der Waals surface area contributed by atoms with Crippen molar-refractivity contribution < 1.29 is 17.6 Å². The lowest BCUT2D eigenvalue weighted by atomic mass is 9.89. The van der Waals surface area contributed by atoms with Crippen LogP contribution >= 0.6 is 0 Å². The largest absolute Gasteiger partial charge is 0.348 e. The van der Waals surface area contributed by atoms with Gasteiger partial charge in [-0.15, -0.1) is 0 Å². The maximum Gasteiger partial charge on any atom is 0.241 e. The number of amides is 1. The van der Waals surface area contributed by atoms with Crippen LogP contribution in [0.4, 0.5) is 10.1 Å². The summed E-state index contributed by atoms with van der Waals surface area (Å²) < 4.78 is 38.6. The van der Waals surface area contributed by atoms with E-state index < -0.39 is 21.7 Å². The number of hydrogen-bond donors (Lipinski definition) is 1. The zero-order chi connectivity index (χ0) is 21.0. The van der Waals surface area contributed by atoms with E-state index >= 15 is 0 Å². The summed E-state index contributed by atoms with van der Waals surface area (Å²) in [7, 11) is -3.70. The normalized spacial score (nSPS) is 14.7. The van der Waals surface area contributed by atoms with E-state index in [0.717, 1.165) is 29.0 Å². The number of fused-ring (bicyclic) bond motifs is 1. The molecule has 156 valence electrons. The van der Waals surface area contributed by atoms with Crippen molar-refractivity contribution in [2.45, 2.75) is 45.1 Å². The zero-order valence-electron chi connectivity index (χ0n) is 16.8. The maximum absolute atomic E-state index is 13.2. The zero-order valence-corrected chi connectivity index (χ0v) is 17.6. The number of halogens is 1. The summed E-state index contributed by atoms with van der Waals surface area (Å²) in [4.78, 5) is 12.7. The average Bonchev–Trinajstić information content (AvgIpc) is 2.70. The number of benzene rings is 2. The Bertz CT molecular complexity index is 974. The molecule has 1 amide bonds. The van der Waals surface area contributed by atoms with Gasteiger partial charge in [-0.3, -0.25) is 9.10 Å². The molecule has 0 saturated carbocycles. The summed E-state index contributed by atoms with van der Waals surface area (Å²) in [5.74, 6) is -0.866. The van der Waals surface area contributed by atoms with Crippen LogP contribution in [0.2, 0.25) is 0 Å². The number of nitrogens with one attached hydrogen (secondary N) is 1. The van der Waals surface area contributed by atoms with E-state index in [2.05, 4.69) is 17.4 Å². The fourth-order valence-corrected chi connectivity index (χ4v) is 4.63. The third-order valence-corrected chi connectivity index (χ3v) is 6.46. The monoisotopic (exact) mass is 418 g/mol. The third-order valence-electron chi connectivity index (χ3n) is 5.32. The van der Waals surface area contributed by atoms with Gasteiger partial charge in [-0.25, -0.2) is 12.8 Å². The maximum atomic E-state index is 13.2. The second kappa shape index (κ2) is 8.95. The number of sulfonamides is 1. The van der Waals surface area contributed by atoms with Crippen molar-refractivity contribution in [1.29, 1.82) is 0 Å². The predicted molar refractivity (Wildman–Crippen MR) is 113 cm³/mol. The number of aryl methyl sites for hydroxylation is 2. The SMILES string of the molecule is CC[C@@H](NC(=O)CN(c1ccc(F)cc1)S(C)(=O)=O)c1ccc2c(c1)CCCC2. The molecule has 0 radical (unpaired) electrons. The number of carbonyl (C=O) groups excluding carboxylic acids is 1. The van der Waals surface area contributed by atoms with Gasteiger partial charge in [-0.05, 0) is 73.1 Å². The Morgan fingerprint density at radius 1 is 1.10 bits per heavy atom. The van der Waals surface area contributed by atoms with E-state index in [-0.39, 0.29) is 18.3 Å². The lowest BCUT2D eigenvalue weighted by Gasteiger charge is -2.25. The van der Waals surface area contributed by atoms with Gasteiger partial charge < -0.3 is 5.32 Å². The fourth-order valence-electron chi connectivity index (χ4n) is 3.77. The van der Waals surface area contributed by atoms with Gasteiger partial charge in [0.1, 0.15) is 12.4 Å². The lowest BCUT2D eigenvalue weighted by Crippen LogP contribution is -2.41. The van der Waals surface area contributed by atoms with Gasteiger partial charge in [-0.2, -0.15) is 0 Å². The summed E-state index contributed by atoms with van der Waals surface area (Å²) in [5, 5.41) is 2.95. The fraction of sp³-hybridized carbons (Fsp3) is 0.409. The summed E-state index contributed by atoms with van der Waals surface area (Å²) >= 11 is 0. The minimum Gasteiger partial charge on any atom is -0.348 e. The molecule has 0 bridgehead atoms. The molecule has 0 fully saturated rings.